The molecule has 0 radical (unpaired) electrons. The van der Waals surface area contributed by atoms with E-state index in [9.17, 15) is 0 Å². The smallest absolute Gasteiger partial charge is 0.0534 e. The molecule has 2 aromatic heterocycles. The molecule has 0 saturated heterocycles. The number of aryl methyl sites for hydroxylation is 2. The van der Waals surface area contributed by atoms with Crippen molar-refractivity contribution in [2.75, 3.05) is 0 Å². The number of hydrogen-bond acceptors (Lipinski definition) is 3. The van der Waals surface area contributed by atoms with Crippen molar-refractivity contribution in [2.45, 2.75) is 33.0 Å². The third kappa shape index (κ3) is 3.85. The number of nitrogens with zero attached hydrogens (tertiary/aromatic N) is 4. The van der Waals surface area contributed by atoms with Crippen molar-refractivity contribution in [1.82, 2.24) is 24.9 Å². The van der Waals surface area contributed by atoms with Gasteiger partial charge in [0, 0.05) is 44.6 Å². The van der Waals surface area contributed by atoms with Gasteiger partial charge in [-0.2, -0.15) is 10.2 Å². The molecule has 0 amide bonds. The summed E-state index contributed by atoms with van der Waals surface area (Å²) in [4.78, 5) is 0. The Morgan fingerprint density at radius 1 is 1.28 bits per heavy atom. The number of nitrogens with one attached hydrogen (secondary N) is 1. The molecule has 0 aromatic carbocycles. The minimum atomic E-state index is 0. The minimum Gasteiger partial charge on any atom is -0.307 e. The lowest BCUT2D eigenvalue weighted by atomic mass is 10.3. The second kappa shape index (κ2) is 7.18. The molecule has 0 unspecified atom stereocenters. The summed E-state index contributed by atoms with van der Waals surface area (Å²) in [5, 5.41) is 11.8. The minimum absolute atomic E-state index is 0. The Morgan fingerprint density at radius 2 is 2.11 bits per heavy atom. The Morgan fingerprint density at radius 3 is 2.78 bits per heavy atom. The molecule has 0 aliphatic heterocycles. The maximum absolute atomic E-state index is 4.30. The molecule has 1 N–H and O–H groups in total. The molecular formula is C12H20ClN5. The summed E-state index contributed by atoms with van der Waals surface area (Å²) in [7, 11) is 1.95. The third-order valence-electron chi connectivity index (χ3n) is 2.70. The van der Waals surface area contributed by atoms with Crippen LogP contribution in [0.25, 0.3) is 0 Å². The molecule has 0 fully saturated rings. The lowest BCUT2D eigenvalue weighted by Crippen LogP contribution is -2.14. The van der Waals surface area contributed by atoms with E-state index in [1.54, 1.807) is 0 Å². The van der Waals surface area contributed by atoms with Crippen LogP contribution in [0.1, 0.15) is 24.6 Å². The lowest BCUT2D eigenvalue weighted by molar-refractivity contribution is 0.599. The number of halogens is 1. The highest BCUT2D eigenvalue weighted by Gasteiger charge is 2.00. The van der Waals surface area contributed by atoms with Crippen molar-refractivity contribution >= 4 is 12.4 Å². The highest BCUT2D eigenvalue weighted by molar-refractivity contribution is 5.85. The second-order valence-corrected chi connectivity index (χ2v) is 4.16. The van der Waals surface area contributed by atoms with Gasteiger partial charge in [-0.15, -0.1) is 12.4 Å². The van der Waals surface area contributed by atoms with Crippen LogP contribution < -0.4 is 5.32 Å². The zero-order valence-corrected chi connectivity index (χ0v) is 11.7. The summed E-state index contributed by atoms with van der Waals surface area (Å²) in [5.74, 6) is 0. The molecule has 6 heteroatoms. The zero-order valence-electron chi connectivity index (χ0n) is 10.8. The van der Waals surface area contributed by atoms with Crippen LogP contribution in [0, 0.1) is 0 Å². The number of hydrogen-bond donors (Lipinski definition) is 1. The first-order valence-electron chi connectivity index (χ1n) is 5.98. The van der Waals surface area contributed by atoms with Gasteiger partial charge in [-0.1, -0.05) is 6.92 Å². The molecule has 0 spiro atoms. The van der Waals surface area contributed by atoms with Crippen LogP contribution in [0.15, 0.2) is 24.7 Å². The van der Waals surface area contributed by atoms with Gasteiger partial charge >= 0.3 is 0 Å². The third-order valence-corrected chi connectivity index (χ3v) is 2.70. The van der Waals surface area contributed by atoms with Gasteiger partial charge in [-0.25, -0.2) is 0 Å². The first-order valence-corrected chi connectivity index (χ1v) is 5.98. The fourth-order valence-corrected chi connectivity index (χ4v) is 1.76. The van der Waals surface area contributed by atoms with Crippen molar-refractivity contribution in [2.24, 2.45) is 7.05 Å². The van der Waals surface area contributed by atoms with E-state index >= 15 is 0 Å². The van der Waals surface area contributed by atoms with Crippen LogP contribution in [0.4, 0.5) is 0 Å². The summed E-state index contributed by atoms with van der Waals surface area (Å²) in [6, 6.07) is 2.02. The molecular weight excluding hydrogens is 250 g/mol. The van der Waals surface area contributed by atoms with Gasteiger partial charge in [0.1, 0.15) is 0 Å². The van der Waals surface area contributed by atoms with Crippen molar-refractivity contribution in [3.63, 3.8) is 0 Å². The van der Waals surface area contributed by atoms with Gasteiger partial charge < -0.3 is 5.32 Å². The molecule has 100 valence electrons. The highest BCUT2D eigenvalue weighted by atomic mass is 35.5. The Hall–Kier alpha value is -1.33. The van der Waals surface area contributed by atoms with E-state index in [2.05, 4.69) is 28.6 Å². The van der Waals surface area contributed by atoms with Crippen molar-refractivity contribution in [3.05, 3.63) is 35.9 Å². The van der Waals surface area contributed by atoms with Gasteiger partial charge in [0.15, 0.2) is 0 Å². The molecule has 0 aliphatic rings. The van der Waals surface area contributed by atoms with Gasteiger partial charge in [0.2, 0.25) is 0 Å². The second-order valence-electron chi connectivity index (χ2n) is 4.16. The van der Waals surface area contributed by atoms with E-state index in [1.807, 2.05) is 34.9 Å². The average molecular weight is 270 g/mol. The van der Waals surface area contributed by atoms with Crippen LogP contribution >= 0.6 is 12.4 Å². The fraction of sp³-hybridized carbons (Fsp3) is 0.500. The van der Waals surface area contributed by atoms with E-state index in [-0.39, 0.29) is 12.4 Å². The van der Waals surface area contributed by atoms with Crippen LogP contribution in [0.5, 0.6) is 0 Å². The Bertz CT molecular complexity index is 462. The summed E-state index contributed by atoms with van der Waals surface area (Å²) in [6.45, 7) is 4.81. The monoisotopic (exact) mass is 269 g/mol. The maximum atomic E-state index is 4.30. The molecule has 2 heterocycles. The molecule has 2 rings (SSSR count). The van der Waals surface area contributed by atoms with Gasteiger partial charge in [0.25, 0.3) is 0 Å². The SMILES string of the molecule is CCCn1cc(CNCc2ccnn2C)cn1.Cl. The first-order chi connectivity index (χ1) is 8.29. The normalized spacial score (nSPS) is 10.3. The Labute approximate surface area is 114 Å². The number of aromatic nitrogens is 4. The average Bonchev–Trinajstić information content (AvgIpc) is 2.90. The molecule has 0 atom stereocenters. The number of rotatable bonds is 6. The van der Waals surface area contributed by atoms with E-state index in [0.29, 0.717) is 0 Å². The molecule has 5 nitrogen and oxygen atoms in total. The topological polar surface area (TPSA) is 47.7 Å². The highest BCUT2D eigenvalue weighted by Crippen LogP contribution is 2.00. The van der Waals surface area contributed by atoms with Crippen molar-refractivity contribution < 1.29 is 0 Å². The summed E-state index contributed by atoms with van der Waals surface area (Å²) in [5.41, 5.74) is 2.41. The van der Waals surface area contributed by atoms with E-state index < -0.39 is 0 Å². The van der Waals surface area contributed by atoms with Crippen LogP contribution in [0.3, 0.4) is 0 Å². The van der Waals surface area contributed by atoms with Crippen LogP contribution in [-0.4, -0.2) is 19.6 Å². The fourth-order valence-electron chi connectivity index (χ4n) is 1.76. The predicted molar refractivity (Wildman–Crippen MR) is 73.5 cm³/mol. The lowest BCUT2D eigenvalue weighted by Gasteiger charge is -2.03. The van der Waals surface area contributed by atoms with Crippen molar-refractivity contribution in [3.8, 4) is 0 Å². The standard InChI is InChI=1S/C12H19N5.ClH/c1-3-6-17-10-11(8-15-17)7-13-9-12-4-5-14-16(12)2;/h4-5,8,10,13H,3,6-7,9H2,1-2H3;1H. The largest absolute Gasteiger partial charge is 0.307 e. The van der Waals surface area contributed by atoms with Gasteiger partial charge in [-0.05, 0) is 12.5 Å². The molecule has 0 bridgehead atoms. The molecule has 2 aromatic rings. The first kappa shape index (κ1) is 14.7. The quantitative estimate of drug-likeness (QED) is 0.869. The van der Waals surface area contributed by atoms with E-state index in [0.717, 1.165) is 26.1 Å². The summed E-state index contributed by atoms with van der Waals surface area (Å²) >= 11 is 0. The van der Waals surface area contributed by atoms with Gasteiger partial charge in [0.05, 0.1) is 11.9 Å². The predicted octanol–water partition coefficient (Wildman–Crippen LogP) is 1.74. The molecule has 0 saturated carbocycles. The summed E-state index contributed by atoms with van der Waals surface area (Å²) < 4.78 is 3.87. The molecule has 18 heavy (non-hydrogen) atoms. The van der Waals surface area contributed by atoms with Crippen LogP contribution in [0.2, 0.25) is 0 Å². The maximum Gasteiger partial charge on any atom is 0.0534 e. The Balaban J connectivity index is 0.00000162. The summed E-state index contributed by atoms with van der Waals surface area (Å²) in [6.07, 6.45) is 6.95. The van der Waals surface area contributed by atoms with Gasteiger partial charge in [-0.3, -0.25) is 9.36 Å². The van der Waals surface area contributed by atoms with Crippen LogP contribution in [-0.2, 0) is 26.7 Å². The molecule has 0 aliphatic carbocycles. The van der Waals surface area contributed by atoms with Crippen molar-refractivity contribution in [1.29, 1.82) is 0 Å². The van der Waals surface area contributed by atoms with E-state index in [4.69, 9.17) is 0 Å². The zero-order chi connectivity index (χ0) is 12.1. The van der Waals surface area contributed by atoms with E-state index in [1.165, 1.54) is 11.3 Å². The Kier molecular flexibility index (Phi) is 5.88.